The van der Waals surface area contributed by atoms with E-state index in [0.29, 0.717) is 0 Å². The topological polar surface area (TPSA) is 41.0 Å². The average Bonchev–Trinajstić information content (AvgIpc) is 3.15. The molecule has 2 aromatic carbocycles. The summed E-state index contributed by atoms with van der Waals surface area (Å²) in [7, 11) is 0. The van der Waals surface area contributed by atoms with Gasteiger partial charge in [0.15, 0.2) is 0 Å². The van der Waals surface area contributed by atoms with Gasteiger partial charge < -0.3 is 9.88 Å². The second kappa shape index (κ2) is 11.3. The van der Waals surface area contributed by atoms with Crippen LogP contribution in [-0.4, -0.2) is 34.1 Å². The Morgan fingerprint density at radius 1 is 1.06 bits per heavy atom. The van der Waals surface area contributed by atoms with E-state index in [1.165, 1.54) is 24.3 Å². The lowest BCUT2D eigenvalue weighted by molar-refractivity contribution is 0.181. The van der Waals surface area contributed by atoms with E-state index in [1.54, 1.807) is 6.08 Å². The molecule has 0 amide bonds. The Kier molecular flexibility index (Phi) is 7.99. The number of aromatic nitrogens is 2. The van der Waals surface area contributed by atoms with E-state index in [2.05, 4.69) is 15.8 Å². The summed E-state index contributed by atoms with van der Waals surface area (Å²) in [6.45, 7) is 4.66. The molecule has 4 nitrogen and oxygen atoms in total. The number of terminal acetylenes is 1. The van der Waals surface area contributed by atoms with Crippen molar-refractivity contribution in [2.45, 2.75) is 44.6 Å². The highest BCUT2D eigenvalue weighted by molar-refractivity contribution is 5.51. The number of benzene rings is 2. The first-order chi connectivity index (χ1) is 17.0. The Morgan fingerprint density at radius 2 is 1.63 bits per heavy atom. The van der Waals surface area contributed by atoms with Gasteiger partial charge in [0, 0.05) is 30.7 Å². The van der Waals surface area contributed by atoms with Gasteiger partial charge in [-0.05, 0) is 86.7 Å². The Labute approximate surface area is 205 Å². The molecule has 3 aromatic rings. The van der Waals surface area contributed by atoms with Crippen LogP contribution in [0.4, 0.5) is 8.78 Å². The van der Waals surface area contributed by atoms with E-state index in [1.807, 2.05) is 41.8 Å². The van der Waals surface area contributed by atoms with Crippen molar-refractivity contribution < 1.29 is 8.78 Å². The van der Waals surface area contributed by atoms with Crippen molar-refractivity contribution in [2.75, 3.05) is 19.6 Å². The molecule has 1 N–H and O–H groups in total. The van der Waals surface area contributed by atoms with Crippen LogP contribution in [0.15, 0.2) is 59.4 Å². The van der Waals surface area contributed by atoms with Crippen LogP contribution in [0.1, 0.15) is 60.2 Å². The molecular weight excluding hydrogens is 444 g/mol. The van der Waals surface area contributed by atoms with Gasteiger partial charge in [-0.25, -0.2) is 13.6 Å². The molecule has 0 radical (unpaired) electrons. The molecular formula is C29H31F2N3O. The van der Waals surface area contributed by atoms with Crippen LogP contribution >= 0.6 is 0 Å². The standard InChI is InChI=1S/C29H31F2N3O/c1-3-4-7-28-21(2)32-29(35)34(28)26-16-19-33(20-17-26)18-5-6-27(22-8-12-24(30)13-9-22)23-10-14-25(31)15-11-23/h1,4,7-15,26-27H,5-6,16-20H2,2H3,(H,32,35)/b7-4-. The number of piperidine rings is 1. The summed E-state index contributed by atoms with van der Waals surface area (Å²) in [6.07, 6.45) is 12.4. The quantitative estimate of drug-likeness (QED) is 0.427. The summed E-state index contributed by atoms with van der Waals surface area (Å²) in [5.41, 5.74) is 3.67. The van der Waals surface area contributed by atoms with Gasteiger partial charge in [-0.3, -0.25) is 4.57 Å². The maximum atomic E-state index is 13.5. The van der Waals surface area contributed by atoms with Crippen molar-refractivity contribution >= 4 is 6.08 Å². The number of allylic oxidation sites excluding steroid dienone is 1. The van der Waals surface area contributed by atoms with Crippen molar-refractivity contribution in [1.29, 1.82) is 0 Å². The molecule has 0 saturated carbocycles. The van der Waals surface area contributed by atoms with Gasteiger partial charge >= 0.3 is 5.69 Å². The Morgan fingerprint density at radius 3 is 2.17 bits per heavy atom. The van der Waals surface area contributed by atoms with Gasteiger partial charge in [0.2, 0.25) is 0 Å². The fraction of sp³-hybridized carbons (Fsp3) is 0.345. The minimum atomic E-state index is -0.260. The molecule has 1 aliphatic rings. The number of aromatic amines is 1. The van der Waals surface area contributed by atoms with Crippen molar-refractivity contribution in [1.82, 2.24) is 14.5 Å². The number of rotatable bonds is 8. The number of likely N-dealkylation sites (tertiary alicyclic amines) is 1. The highest BCUT2D eigenvalue weighted by Gasteiger charge is 2.24. The molecule has 1 aromatic heterocycles. The molecule has 1 saturated heterocycles. The van der Waals surface area contributed by atoms with Gasteiger partial charge in [0.05, 0.1) is 5.69 Å². The van der Waals surface area contributed by atoms with E-state index in [0.717, 1.165) is 67.8 Å². The lowest BCUT2D eigenvalue weighted by atomic mass is 9.87. The van der Waals surface area contributed by atoms with Crippen LogP contribution in [-0.2, 0) is 0 Å². The number of hydrogen-bond acceptors (Lipinski definition) is 2. The summed E-state index contributed by atoms with van der Waals surface area (Å²) >= 11 is 0. The van der Waals surface area contributed by atoms with E-state index < -0.39 is 0 Å². The van der Waals surface area contributed by atoms with Crippen LogP contribution in [0.25, 0.3) is 6.08 Å². The van der Waals surface area contributed by atoms with Gasteiger partial charge in [0.1, 0.15) is 11.6 Å². The third-order valence-corrected chi connectivity index (χ3v) is 6.93. The van der Waals surface area contributed by atoms with E-state index in [4.69, 9.17) is 6.42 Å². The number of hydrogen-bond donors (Lipinski definition) is 1. The van der Waals surface area contributed by atoms with Crippen molar-refractivity contribution in [3.8, 4) is 12.3 Å². The molecule has 35 heavy (non-hydrogen) atoms. The zero-order valence-corrected chi connectivity index (χ0v) is 20.0. The maximum Gasteiger partial charge on any atom is 0.326 e. The zero-order chi connectivity index (χ0) is 24.8. The van der Waals surface area contributed by atoms with Crippen molar-refractivity contribution in [3.05, 3.63) is 99.2 Å². The predicted molar refractivity (Wildman–Crippen MR) is 136 cm³/mol. The molecule has 0 bridgehead atoms. The first-order valence-electron chi connectivity index (χ1n) is 12.1. The van der Waals surface area contributed by atoms with Crippen LogP contribution in [0.2, 0.25) is 0 Å². The SMILES string of the molecule is C#C/C=C\c1c(C)[nH]c(=O)n1C1CCN(CCCC(c2ccc(F)cc2)c2ccc(F)cc2)CC1. The number of H-pyrrole nitrogens is 1. The normalized spacial score (nSPS) is 15.2. The van der Waals surface area contributed by atoms with Crippen LogP contribution in [0, 0.1) is 30.9 Å². The summed E-state index contributed by atoms with van der Waals surface area (Å²) in [4.78, 5) is 17.9. The summed E-state index contributed by atoms with van der Waals surface area (Å²) in [5, 5.41) is 0. The zero-order valence-electron chi connectivity index (χ0n) is 20.0. The van der Waals surface area contributed by atoms with Gasteiger partial charge in [-0.2, -0.15) is 0 Å². The summed E-state index contributed by atoms with van der Waals surface area (Å²) < 4.78 is 28.8. The van der Waals surface area contributed by atoms with E-state index in [-0.39, 0.29) is 29.3 Å². The minimum absolute atomic E-state index is 0.0839. The monoisotopic (exact) mass is 475 g/mol. The summed E-state index contributed by atoms with van der Waals surface area (Å²) in [6, 6.07) is 13.3. The Bertz CT molecular complexity index is 1200. The molecule has 182 valence electrons. The second-order valence-corrected chi connectivity index (χ2v) is 9.18. The maximum absolute atomic E-state index is 13.5. The minimum Gasteiger partial charge on any atom is -0.310 e. The van der Waals surface area contributed by atoms with Crippen LogP contribution < -0.4 is 5.69 Å². The molecule has 4 rings (SSSR count). The molecule has 0 unspecified atom stereocenters. The highest BCUT2D eigenvalue weighted by atomic mass is 19.1. The summed E-state index contributed by atoms with van der Waals surface area (Å²) in [5.74, 6) is 2.06. The fourth-order valence-electron chi connectivity index (χ4n) is 5.11. The molecule has 1 aliphatic heterocycles. The lowest BCUT2D eigenvalue weighted by Crippen LogP contribution is -2.37. The van der Waals surface area contributed by atoms with E-state index >= 15 is 0 Å². The third-order valence-electron chi connectivity index (χ3n) is 6.93. The molecule has 1 fully saturated rings. The van der Waals surface area contributed by atoms with Crippen LogP contribution in [0.3, 0.4) is 0 Å². The third kappa shape index (κ3) is 5.98. The van der Waals surface area contributed by atoms with Gasteiger partial charge in [-0.1, -0.05) is 30.2 Å². The molecule has 0 spiro atoms. The van der Waals surface area contributed by atoms with Crippen LogP contribution in [0.5, 0.6) is 0 Å². The second-order valence-electron chi connectivity index (χ2n) is 9.18. The largest absolute Gasteiger partial charge is 0.326 e. The number of halogens is 2. The first kappa shape index (κ1) is 24.7. The fourth-order valence-corrected chi connectivity index (χ4v) is 5.11. The van der Waals surface area contributed by atoms with Gasteiger partial charge in [0.25, 0.3) is 0 Å². The van der Waals surface area contributed by atoms with Crippen molar-refractivity contribution in [2.24, 2.45) is 0 Å². The number of nitrogens with zero attached hydrogens (tertiary/aromatic N) is 2. The lowest BCUT2D eigenvalue weighted by Gasteiger charge is -2.33. The molecule has 2 heterocycles. The average molecular weight is 476 g/mol. The Hall–Kier alpha value is -3.43. The number of imidazole rings is 1. The van der Waals surface area contributed by atoms with E-state index in [9.17, 15) is 13.6 Å². The first-order valence-corrected chi connectivity index (χ1v) is 12.1. The Balaban J connectivity index is 1.37. The number of aryl methyl sites for hydroxylation is 1. The molecule has 6 heteroatoms. The number of nitrogens with one attached hydrogen (secondary N) is 1. The highest BCUT2D eigenvalue weighted by Crippen LogP contribution is 2.30. The molecule has 0 atom stereocenters. The van der Waals surface area contributed by atoms with Gasteiger partial charge in [-0.15, -0.1) is 6.42 Å². The predicted octanol–water partition coefficient (Wildman–Crippen LogP) is 5.66. The molecule has 0 aliphatic carbocycles. The van der Waals surface area contributed by atoms with Crippen molar-refractivity contribution in [3.63, 3.8) is 0 Å². The smallest absolute Gasteiger partial charge is 0.310 e.